The highest BCUT2D eigenvalue weighted by Crippen LogP contribution is 2.30. The van der Waals surface area contributed by atoms with Gasteiger partial charge >= 0.3 is 11.9 Å². The van der Waals surface area contributed by atoms with Gasteiger partial charge in [-0.15, -0.1) is 0 Å². The predicted molar refractivity (Wildman–Crippen MR) is 125 cm³/mol. The van der Waals surface area contributed by atoms with Crippen LogP contribution in [0.1, 0.15) is 26.7 Å². The number of hydrogen-bond donors (Lipinski definition) is 1. The second-order valence-electron chi connectivity index (χ2n) is 6.50. The zero-order chi connectivity index (χ0) is 19.3. The van der Waals surface area contributed by atoms with Gasteiger partial charge in [0, 0.05) is 21.6 Å². The summed E-state index contributed by atoms with van der Waals surface area (Å²) in [6.45, 7) is 5.70. The van der Waals surface area contributed by atoms with Crippen molar-refractivity contribution in [1.29, 1.82) is 0 Å². The lowest BCUT2D eigenvalue weighted by molar-refractivity contribution is -0.156. The third kappa shape index (κ3) is 6.59. The maximum Gasteiger partial charge on any atom is 0.336 e. The fraction of sp³-hybridized carbons (Fsp3) is 0.444. The van der Waals surface area contributed by atoms with E-state index < -0.39 is 17.5 Å². The zero-order valence-electron chi connectivity index (χ0n) is 14.5. The summed E-state index contributed by atoms with van der Waals surface area (Å²) in [4.78, 5) is 24.1. The van der Waals surface area contributed by atoms with Crippen LogP contribution in [-0.4, -0.2) is 30.6 Å². The van der Waals surface area contributed by atoms with Gasteiger partial charge in [0.15, 0.2) is 5.75 Å². The summed E-state index contributed by atoms with van der Waals surface area (Å²) in [5.74, 6) is -0.316. The van der Waals surface area contributed by atoms with E-state index in [2.05, 4.69) is 73.1 Å². The first-order valence-corrected chi connectivity index (χ1v) is 11.4. The zero-order valence-corrected chi connectivity index (χ0v) is 21.0. The van der Waals surface area contributed by atoms with Crippen molar-refractivity contribution >= 4 is 79.7 Å². The Labute approximate surface area is 194 Å². The molecule has 1 fully saturated rings. The van der Waals surface area contributed by atoms with Gasteiger partial charge in [-0.05, 0) is 120 Å². The number of esters is 2. The van der Waals surface area contributed by atoms with E-state index in [0.717, 1.165) is 48.8 Å². The number of carbonyl (C=O) groups excluding carboxylic acids is 2. The van der Waals surface area contributed by atoms with E-state index in [4.69, 9.17) is 9.47 Å². The Morgan fingerprint density at radius 2 is 1.62 bits per heavy atom. The van der Waals surface area contributed by atoms with Crippen molar-refractivity contribution in [3.8, 4) is 5.75 Å². The number of piperidine rings is 1. The summed E-state index contributed by atoms with van der Waals surface area (Å²) in [5, 5.41) is 3.30. The number of nitrogens with one attached hydrogen (secondary N) is 1. The van der Waals surface area contributed by atoms with Gasteiger partial charge in [0.25, 0.3) is 0 Å². The number of ether oxygens (including phenoxy) is 2. The van der Waals surface area contributed by atoms with E-state index >= 15 is 0 Å². The van der Waals surface area contributed by atoms with Gasteiger partial charge in [-0.25, -0.2) is 9.59 Å². The number of hydrogen-bond acceptors (Lipinski definition) is 5. The molecule has 0 saturated carbocycles. The Morgan fingerprint density at radius 1 is 1.08 bits per heavy atom. The van der Waals surface area contributed by atoms with Crippen LogP contribution in [0, 0.1) is 16.6 Å². The summed E-state index contributed by atoms with van der Waals surface area (Å²) < 4.78 is 13.7. The van der Waals surface area contributed by atoms with Crippen molar-refractivity contribution in [3.63, 3.8) is 0 Å². The van der Waals surface area contributed by atoms with Crippen molar-refractivity contribution in [1.82, 2.24) is 5.32 Å². The minimum atomic E-state index is -0.598. The summed E-state index contributed by atoms with van der Waals surface area (Å²) in [6, 6.07) is 3.84. The first-order chi connectivity index (χ1) is 12.2. The van der Waals surface area contributed by atoms with Crippen molar-refractivity contribution in [2.75, 3.05) is 13.1 Å². The Kier molecular flexibility index (Phi) is 8.60. The lowest BCUT2D eigenvalue weighted by Gasteiger charge is -2.36. The molecule has 1 saturated heterocycles. The summed E-state index contributed by atoms with van der Waals surface area (Å²) in [7, 11) is 0. The Bertz CT molecular complexity index is 689. The fourth-order valence-corrected chi connectivity index (χ4v) is 6.59. The van der Waals surface area contributed by atoms with Crippen LogP contribution in [0.25, 0.3) is 0 Å². The van der Waals surface area contributed by atoms with Crippen LogP contribution in [0.3, 0.4) is 0 Å². The van der Waals surface area contributed by atoms with Crippen LogP contribution in [-0.2, 0) is 14.3 Å². The van der Waals surface area contributed by atoms with E-state index in [1.54, 1.807) is 0 Å². The molecule has 5 nitrogen and oxygen atoms in total. The molecule has 1 N–H and O–H groups in total. The molecule has 8 heteroatoms. The molecule has 1 aromatic carbocycles. The molecule has 0 radical (unpaired) electrons. The van der Waals surface area contributed by atoms with Crippen LogP contribution in [0.15, 0.2) is 24.3 Å². The monoisotopic (exact) mass is 695 g/mol. The fourth-order valence-electron chi connectivity index (χ4n) is 2.79. The molecular weight excluding hydrogens is 675 g/mol. The van der Waals surface area contributed by atoms with Crippen molar-refractivity contribution < 1.29 is 19.1 Å². The smallest absolute Gasteiger partial charge is 0.336 e. The molecule has 0 aromatic heterocycles. The minimum Gasteiger partial charge on any atom is -0.456 e. The third-order valence-corrected chi connectivity index (χ3v) is 6.43. The SMILES string of the molecule is CC(C)(OC(=O)/C=C/C(=O)Oc1c(I)cc(I)cc1I)C1CCNCC1. The average molecular weight is 695 g/mol. The molecule has 26 heavy (non-hydrogen) atoms. The van der Waals surface area contributed by atoms with E-state index in [9.17, 15) is 9.59 Å². The van der Waals surface area contributed by atoms with Crippen LogP contribution in [0.4, 0.5) is 0 Å². The molecule has 1 aromatic rings. The van der Waals surface area contributed by atoms with Gasteiger partial charge < -0.3 is 14.8 Å². The van der Waals surface area contributed by atoms with Crippen LogP contribution in [0.2, 0.25) is 0 Å². The topological polar surface area (TPSA) is 64.6 Å². The predicted octanol–water partition coefficient (Wildman–Crippen LogP) is 4.28. The molecule has 1 heterocycles. The molecule has 0 unspecified atom stereocenters. The van der Waals surface area contributed by atoms with Gasteiger partial charge in [0.1, 0.15) is 5.60 Å². The lowest BCUT2D eigenvalue weighted by Crippen LogP contribution is -2.42. The van der Waals surface area contributed by atoms with Gasteiger partial charge in [-0.3, -0.25) is 0 Å². The highest BCUT2D eigenvalue weighted by molar-refractivity contribution is 14.1. The highest BCUT2D eigenvalue weighted by Gasteiger charge is 2.33. The molecule has 2 rings (SSSR count). The van der Waals surface area contributed by atoms with Gasteiger partial charge in [0.05, 0.1) is 7.14 Å². The van der Waals surface area contributed by atoms with E-state index in [0.29, 0.717) is 11.7 Å². The van der Waals surface area contributed by atoms with Crippen LogP contribution >= 0.6 is 67.8 Å². The minimum absolute atomic E-state index is 0.308. The van der Waals surface area contributed by atoms with Crippen molar-refractivity contribution in [2.45, 2.75) is 32.3 Å². The number of rotatable bonds is 5. The van der Waals surface area contributed by atoms with E-state index in [-0.39, 0.29) is 0 Å². The lowest BCUT2D eigenvalue weighted by atomic mass is 9.83. The Morgan fingerprint density at radius 3 is 2.19 bits per heavy atom. The quantitative estimate of drug-likeness (QED) is 0.216. The Balaban J connectivity index is 1.94. The van der Waals surface area contributed by atoms with Crippen molar-refractivity contribution in [2.24, 2.45) is 5.92 Å². The van der Waals surface area contributed by atoms with E-state index in [1.807, 2.05) is 26.0 Å². The second-order valence-corrected chi connectivity index (χ2v) is 10.1. The maximum atomic E-state index is 12.1. The van der Waals surface area contributed by atoms with E-state index in [1.165, 1.54) is 0 Å². The molecule has 0 aliphatic carbocycles. The second kappa shape index (κ2) is 10.0. The number of carbonyl (C=O) groups is 2. The van der Waals surface area contributed by atoms with Crippen LogP contribution < -0.4 is 10.1 Å². The molecule has 1 aliphatic rings. The highest BCUT2D eigenvalue weighted by atomic mass is 127. The van der Waals surface area contributed by atoms with Gasteiger partial charge in [-0.1, -0.05) is 0 Å². The molecule has 1 aliphatic heterocycles. The first-order valence-electron chi connectivity index (χ1n) is 8.17. The molecule has 0 bridgehead atoms. The first kappa shape index (κ1) is 22.3. The summed E-state index contributed by atoms with van der Waals surface area (Å²) >= 11 is 6.45. The largest absolute Gasteiger partial charge is 0.456 e. The standard InChI is InChI=1S/C18H20I3NO4/c1-18(2,11-5-7-22-8-6-11)26-16(24)4-3-15(23)25-17-13(20)9-12(19)10-14(17)21/h3-4,9-11,22H,5-8H2,1-2H3/b4-3+. The maximum absolute atomic E-state index is 12.1. The molecule has 0 amide bonds. The summed E-state index contributed by atoms with van der Waals surface area (Å²) in [6.07, 6.45) is 4.19. The average Bonchev–Trinajstić information content (AvgIpc) is 2.56. The molecule has 0 spiro atoms. The Hall–Kier alpha value is 0.0500. The van der Waals surface area contributed by atoms with Crippen LogP contribution in [0.5, 0.6) is 5.75 Å². The van der Waals surface area contributed by atoms with Gasteiger partial charge in [-0.2, -0.15) is 0 Å². The summed E-state index contributed by atoms with van der Waals surface area (Å²) in [5.41, 5.74) is -0.561. The van der Waals surface area contributed by atoms with Gasteiger partial charge in [0.2, 0.25) is 0 Å². The molecule has 142 valence electrons. The normalized spacial score (nSPS) is 15.9. The molecule has 0 atom stereocenters. The third-order valence-electron chi connectivity index (χ3n) is 4.21. The molecular formula is C18H20I3NO4. The number of halogens is 3. The van der Waals surface area contributed by atoms with Crippen molar-refractivity contribution in [3.05, 3.63) is 35.0 Å². The number of benzene rings is 1.